The van der Waals surface area contributed by atoms with E-state index in [-0.39, 0.29) is 0 Å². The standard InChI is InChI=1S/C11H10O.C3H8/c1-9-4-2-5-10(8-9)11-6-3-7-12-11;1-3-2/h2-8H,1H3;3H2,1-2H3. The maximum atomic E-state index is 5.27. The first-order chi connectivity index (χ1) is 7.27. The third kappa shape index (κ3) is 3.62. The van der Waals surface area contributed by atoms with Gasteiger partial charge in [0, 0.05) is 5.56 Å². The second-order valence-electron chi connectivity index (χ2n) is 3.55. The van der Waals surface area contributed by atoms with E-state index < -0.39 is 0 Å². The Labute approximate surface area is 91.7 Å². The van der Waals surface area contributed by atoms with Crippen molar-refractivity contribution in [3.63, 3.8) is 0 Å². The van der Waals surface area contributed by atoms with E-state index in [1.165, 1.54) is 12.0 Å². The van der Waals surface area contributed by atoms with Crippen molar-refractivity contribution in [3.8, 4) is 11.3 Å². The van der Waals surface area contributed by atoms with Crippen LogP contribution in [0.1, 0.15) is 25.8 Å². The van der Waals surface area contributed by atoms with Crippen LogP contribution in [0.15, 0.2) is 47.1 Å². The van der Waals surface area contributed by atoms with Crippen LogP contribution in [-0.2, 0) is 0 Å². The molecule has 0 bridgehead atoms. The van der Waals surface area contributed by atoms with Gasteiger partial charge >= 0.3 is 0 Å². The molecule has 0 radical (unpaired) electrons. The molecular formula is C14H18O. The Balaban J connectivity index is 0.000000337. The number of benzene rings is 1. The quantitative estimate of drug-likeness (QED) is 0.655. The van der Waals surface area contributed by atoms with Gasteiger partial charge in [0.1, 0.15) is 5.76 Å². The zero-order valence-electron chi connectivity index (χ0n) is 9.66. The molecule has 1 nitrogen and oxygen atoms in total. The van der Waals surface area contributed by atoms with Crippen LogP contribution in [0.5, 0.6) is 0 Å². The molecule has 2 rings (SSSR count). The van der Waals surface area contributed by atoms with Crippen LogP contribution in [0.3, 0.4) is 0 Å². The van der Waals surface area contributed by atoms with E-state index in [0.717, 1.165) is 11.3 Å². The fraction of sp³-hybridized carbons (Fsp3) is 0.286. The minimum absolute atomic E-state index is 0.929. The molecule has 1 aromatic heterocycles. The maximum Gasteiger partial charge on any atom is 0.133 e. The van der Waals surface area contributed by atoms with Gasteiger partial charge in [-0.2, -0.15) is 0 Å². The van der Waals surface area contributed by atoms with Crippen molar-refractivity contribution in [2.45, 2.75) is 27.2 Å². The van der Waals surface area contributed by atoms with Gasteiger partial charge in [0.05, 0.1) is 6.26 Å². The summed E-state index contributed by atoms with van der Waals surface area (Å²) < 4.78 is 5.27. The monoisotopic (exact) mass is 202 g/mol. The highest BCUT2D eigenvalue weighted by Crippen LogP contribution is 2.19. The number of furan rings is 1. The van der Waals surface area contributed by atoms with Gasteiger partial charge in [0.15, 0.2) is 0 Å². The lowest BCUT2D eigenvalue weighted by molar-refractivity contribution is 0.582. The number of aryl methyl sites for hydroxylation is 1. The van der Waals surface area contributed by atoms with Crippen molar-refractivity contribution in [2.24, 2.45) is 0 Å². The number of hydrogen-bond acceptors (Lipinski definition) is 1. The molecule has 1 heteroatoms. The van der Waals surface area contributed by atoms with Gasteiger partial charge < -0.3 is 4.42 Å². The molecule has 1 heterocycles. The first-order valence-electron chi connectivity index (χ1n) is 5.38. The highest BCUT2D eigenvalue weighted by molar-refractivity contribution is 5.57. The number of rotatable bonds is 1. The van der Waals surface area contributed by atoms with E-state index in [2.05, 4.69) is 32.9 Å². The molecule has 0 N–H and O–H groups in total. The summed E-state index contributed by atoms with van der Waals surface area (Å²) in [6.45, 7) is 6.33. The van der Waals surface area contributed by atoms with Crippen LogP contribution in [0.4, 0.5) is 0 Å². The van der Waals surface area contributed by atoms with Crippen molar-refractivity contribution in [1.82, 2.24) is 0 Å². The van der Waals surface area contributed by atoms with Crippen LogP contribution in [0.25, 0.3) is 11.3 Å². The molecule has 0 saturated heterocycles. The molecule has 0 aliphatic heterocycles. The summed E-state index contributed by atoms with van der Waals surface area (Å²) in [5.41, 5.74) is 2.39. The average Bonchev–Trinajstić information content (AvgIpc) is 2.71. The van der Waals surface area contributed by atoms with Gasteiger partial charge in [-0.3, -0.25) is 0 Å². The van der Waals surface area contributed by atoms with E-state index in [1.54, 1.807) is 6.26 Å². The Morgan fingerprint density at radius 2 is 1.80 bits per heavy atom. The zero-order chi connectivity index (χ0) is 11.1. The van der Waals surface area contributed by atoms with E-state index >= 15 is 0 Å². The Morgan fingerprint density at radius 1 is 1.07 bits per heavy atom. The van der Waals surface area contributed by atoms with Gasteiger partial charge in [0.25, 0.3) is 0 Å². The minimum atomic E-state index is 0.929. The van der Waals surface area contributed by atoms with Gasteiger partial charge in [-0.25, -0.2) is 0 Å². The highest BCUT2D eigenvalue weighted by Gasteiger charge is 1.98. The predicted octanol–water partition coefficient (Wildman–Crippen LogP) is 4.67. The number of hydrogen-bond donors (Lipinski definition) is 0. The summed E-state index contributed by atoms with van der Waals surface area (Å²) >= 11 is 0. The topological polar surface area (TPSA) is 13.1 Å². The lowest BCUT2D eigenvalue weighted by Crippen LogP contribution is -1.74. The van der Waals surface area contributed by atoms with Crippen LogP contribution >= 0.6 is 0 Å². The smallest absolute Gasteiger partial charge is 0.133 e. The lowest BCUT2D eigenvalue weighted by atomic mass is 10.1. The van der Waals surface area contributed by atoms with E-state index in [1.807, 2.05) is 24.3 Å². The minimum Gasteiger partial charge on any atom is -0.464 e. The Hall–Kier alpha value is -1.50. The fourth-order valence-electron chi connectivity index (χ4n) is 1.24. The molecule has 15 heavy (non-hydrogen) atoms. The lowest BCUT2D eigenvalue weighted by Gasteiger charge is -1.96. The molecular weight excluding hydrogens is 184 g/mol. The van der Waals surface area contributed by atoms with Crippen LogP contribution in [0, 0.1) is 6.92 Å². The average molecular weight is 202 g/mol. The summed E-state index contributed by atoms with van der Waals surface area (Å²) in [6.07, 6.45) is 2.94. The molecule has 1 aromatic carbocycles. The SMILES string of the molecule is CCC.Cc1cccc(-c2ccco2)c1. The Bertz CT molecular complexity index is 374. The normalized spacial score (nSPS) is 9.27. The van der Waals surface area contributed by atoms with Gasteiger partial charge in [0.2, 0.25) is 0 Å². The molecule has 80 valence electrons. The molecule has 0 amide bonds. The van der Waals surface area contributed by atoms with Gasteiger partial charge in [-0.1, -0.05) is 44.0 Å². The van der Waals surface area contributed by atoms with Crippen molar-refractivity contribution < 1.29 is 4.42 Å². The zero-order valence-corrected chi connectivity index (χ0v) is 9.66. The molecule has 0 aliphatic rings. The van der Waals surface area contributed by atoms with Crippen molar-refractivity contribution in [1.29, 1.82) is 0 Å². The van der Waals surface area contributed by atoms with E-state index in [4.69, 9.17) is 4.42 Å². The molecule has 0 atom stereocenters. The summed E-state index contributed by atoms with van der Waals surface area (Å²) in [5.74, 6) is 0.929. The second kappa shape index (κ2) is 6.07. The Morgan fingerprint density at radius 3 is 2.33 bits per heavy atom. The summed E-state index contributed by atoms with van der Waals surface area (Å²) in [5, 5.41) is 0. The largest absolute Gasteiger partial charge is 0.464 e. The third-order valence-corrected chi connectivity index (χ3v) is 1.82. The fourth-order valence-corrected chi connectivity index (χ4v) is 1.24. The first kappa shape index (κ1) is 11.6. The molecule has 0 fully saturated rings. The van der Waals surface area contributed by atoms with Crippen molar-refractivity contribution in [3.05, 3.63) is 48.2 Å². The van der Waals surface area contributed by atoms with E-state index in [0.29, 0.717) is 0 Å². The third-order valence-electron chi connectivity index (χ3n) is 1.82. The van der Waals surface area contributed by atoms with E-state index in [9.17, 15) is 0 Å². The molecule has 0 spiro atoms. The Kier molecular flexibility index (Phi) is 4.69. The first-order valence-corrected chi connectivity index (χ1v) is 5.38. The predicted molar refractivity (Wildman–Crippen MR) is 64.8 cm³/mol. The van der Waals surface area contributed by atoms with Crippen LogP contribution < -0.4 is 0 Å². The maximum absolute atomic E-state index is 5.27. The molecule has 0 saturated carbocycles. The van der Waals surface area contributed by atoms with Gasteiger partial charge in [-0.05, 0) is 25.1 Å². The summed E-state index contributed by atoms with van der Waals surface area (Å²) in [7, 11) is 0. The van der Waals surface area contributed by atoms with Crippen LogP contribution in [-0.4, -0.2) is 0 Å². The molecule has 2 aromatic rings. The van der Waals surface area contributed by atoms with Gasteiger partial charge in [-0.15, -0.1) is 0 Å². The van der Waals surface area contributed by atoms with Crippen molar-refractivity contribution in [2.75, 3.05) is 0 Å². The molecule has 0 unspecified atom stereocenters. The second-order valence-corrected chi connectivity index (χ2v) is 3.55. The van der Waals surface area contributed by atoms with Crippen molar-refractivity contribution >= 4 is 0 Å². The summed E-state index contributed by atoms with van der Waals surface area (Å²) in [4.78, 5) is 0. The summed E-state index contributed by atoms with van der Waals surface area (Å²) in [6, 6.07) is 12.1. The molecule has 0 aliphatic carbocycles. The highest BCUT2D eigenvalue weighted by atomic mass is 16.3. The van der Waals surface area contributed by atoms with Crippen LogP contribution in [0.2, 0.25) is 0 Å².